The van der Waals surface area contributed by atoms with Gasteiger partial charge in [0.2, 0.25) is 0 Å². The largest absolute Gasteiger partial charge is 0.480 e. The van der Waals surface area contributed by atoms with Crippen LogP contribution >= 0.6 is 31.9 Å². The van der Waals surface area contributed by atoms with Crippen LogP contribution in [0.4, 0.5) is 0 Å². The van der Waals surface area contributed by atoms with E-state index < -0.39 is 5.97 Å². The van der Waals surface area contributed by atoms with E-state index in [0.717, 1.165) is 8.95 Å². The maximum Gasteiger partial charge on any atom is 0.329 e. The first-order chi connectivity index (χ1) is 9.97. The number of nitrogens with zero attached hydrogens (tertiary/aromatic N) is 1. The molecule has 1 saturated heterocycles. The Kier molecular flexibility index (Phi) is 5.78. The molecule has 0 bridgehead atoms. The van der Waals surface area contributed by atoms with Gasteiger partial charge in [-0.3, -0.25) is 4.79 Å². The van der Waals surface area contributed by atoms with E-state index in [1.807, 2.05) is 12.1 Å². The Morgan fingerprint density at radius 3 is 2.52 bits per heavy atom. The van der Waals surface area contributed by atoms with Crippen LogP contribution < -0.4 is 0 Å². The first kappa shape index (κ1) is 16.5. The van der Waals surface area contributed by atoms with Gasteiger partial charge in [0.25, 0.3) is 5.91 Å². The lowest BCUT2D eigenvalue weighted by Crippen LogP contribution is -2.41. The maximum absolute atomic E-state index is 12.5. The van der Waals surface area contributed by atoms with Crippen molar-refractivity contribution in [2.75, 3.05) is 19.7 Å². The van der Waals surface area contributed by atoms with E-state index >= 15 is 0 Å². The van der Waals surface area contributed by atoms with Crippen LogP contribution in [-0.2, 0) is 9.53 Å². The fourth-order valence-electron chi connectivity index (χ4n) is 2.25. The van der Waals surface area contributed by atoms with E-state index in [9.17, 15) is 9.59 Å². The average molecular weight is 421 g/mol. The Balaban J connectivity index is 1.92. The number of carboxylic acid groups (broad SMARTS) is 1. The van der Waals surface area contributed by atoms with Gasteiger partial charge in [0.05, 0.1) is 11.7 Å². The van der Waals surface area contributed by atoms with Gasteiger partial charge in [0, 0.05) is 22.0 Å². The molecule has 0 atom stereocenters. The average Bonchev–Trinajstić information content (AvgIpc) is 2.45. The molecule has 7 heteroatoms. The quantitative estimate of drug-likeness (QED) is 0.813. The minimum Gasteiger partial charge on any atom is -0.480 e. The standard InChI is InChI=1S/C14H15Br2NO4/c15-9-1-2-11(12(16)7-9)14(20)17-5-3-10(4-6-17)21-8-13(18)19/h1-2,7,10H,3-6,8H2,(H,18,19). The lowest BCUT2D eigenvalue weighted by atomic mass is 10.1. The topological polar surface area (TPSA) is 66.8 Å². The molecule has 0 spiro atoms. The number of aliphatic carboxylic acids is 1. The summed E-state index contributed by atoms with van der Waals surface area (Å²) in [6, 6.07) is 5.46. The first-order valence-electron chi connectivity index (χ1n) is 6.55. The highest BCUT2D eigenvalue weighted by molar-refractivity contribution is 9.11. The highest BCUT2D eigenvalue weighted by Gasteiger charge is 2.25. The molecule has 1 aromatic rings. The fraction of sp³-hybridized carbons (Fsp3) is 0.429. The molecule has 0 unspecified atom stereocenters. The number of amides is 1. The third kappa shape index (κ3) is 4.52. The summed E-state index contributed by atoms with van der Waals surface area (Å²) in [5.74, 6) is -0.988. The van der Waals surface area contributed by atoms with Gasteiger partial charge in [0.15, 0.2) is 0 Å². The highest BCUT2D eigenvalue weighted by atomic mass is 79.9. The molecular weight excluding hydrogens is 406 g/mol. The summed E-state index contributed by atoms with van der Waals surface area (Å²) in [7, 11) is 0. The van der Waals surface area contributed by atoms with Crippen molar-refractivity contribution in [2.45, 2.75) is 18.9 Å². The first-order valence-corrected chi connectivity index (χ1v) is 8.13. The zero-order chi connectivity index (χ0) is 15.4. The molecule has 21 heavy (non-hydrogen) atoms. The molecule has 5 nitrogen and oxygen atoms in total. The zero-order valence-corrected chi connectivity index (χ0v) is 14.4. The minimum atomic E-state index is -0.965. The summed E-state index contributed by atoms with van der Waals surface area (Å²) in [5, 5.41) is 8.59. The van der Waals surface area contributed by atoms with Crippen molar-refractivity contribution in [1.29, 1.82) is 0 Å². The van der Waals surface area contributed by atoms with Gasteiger partial charge in [-0.2, -0.15) is 0 Å². The molecule has 1 N–H and O–H groups in total. The maximum atomic E-state index is 12.5. The summed E-state index contributed by atoms with van der Waals surface area (Å²) < 4.78 is 6.93. The minimum absolute atomic E-state index is 0.0222. The Labute approximate surface area is 139 Å². The molecule has 114 valence electrons. The van der Waals surface area contributed by atoms with Gasteiger partial charge in [-0.25, -0.2) is 4.79 Å². The van der Waals surface area contributed by atoms with E-state index in [4.69, 9.17) is 9.84 Å². The van der Waals surface area contributed by atoms with Crippen LogP contribution in [0.15, 0.2) is 27.1 Å². The number of benzene rings is 1. The number of hydrogen-bond donors (Lipinski definition) is 1. The van der Waals surface area contributed by atoms with Crippen LogP contribution in [0.1, 0.15) is 23.2 Å². The van der Waals surface area contributed by atoms with E-state index in [2.05, 4.69) is 31.9 Å². The molecule has 1 aliphatic heterocycles. The van der Waals surface area contributed by atoms with Crippen LogP contribution in [-0.4, -0.2) is 47.7 Å². The van der Waals surface area contributed by atoms with Crippen molar-refractivity contribution in [3.05, 3.63) is 32.7 Å². The van der Waals surface area contributed by atoms with Crippen molar-refractivity contribution in [2.24, 2.45) is 0 Å². The van der Waals surface area contributed by atoms with Crippen LogP contribution in [0.25, 0.3) is 0 Å². The number of likely N-dealkylation sites (tertiary alicyclic amines) is 1. The number of carbonyl (C=O) groups is 2. The smallest absolute Gasteiger partial charge is 0.329 e. The third-order valence-corrected chi connectivity index (χ3v) is 4.48. The normalized spacial score (nSPS) is 16.0. The second kappa shape index (κ2) is 7.38. The highest BCUT2D eigenvalue weighted by Crippen LogP contribution is 2.24. The van der Waals surface area contributed by atoms with E-state index in [1.54, 1.807) is 11.0 Å². The van der Waals surface area contributed by atoms with Crippen LogP contribution in [0, 0.1) is 0 Å². The lowest BCUT2D eigenvalue weighted by molar-refractivity contribution is -0.145. The Bertz CT molecular complexity index is 542. The predicted molar refractivity (Wildman–Crippen MR) is 84.4 cm³/mol. The monoisotopic (exact) mass is 419 g/mol. The molecular formula is C14H15Br2NO4. The number of piperidine rings is 1. The van der Waals surface area contributed by atoms with Crippen molar-refractivity contribution in [1.82, 2.24) is 4.90 Å². The molecule has 0 aliphatic carbocycles. The van der Waals surface area contributed by atoms with E-state index in [1.165, 1.54) is 0 Å². The molecule has 1 aromatic carbocycles. The van der Waals surface area contributed by atoms with Crippen LogP contribution in [0.3, 0.4) is 0 Å². The zero-order valence-electron chi connectivity index (χ0n) is 11.2. The molecule has 1 fully saturated rings. The van der Waals surface area contributed by atoms with Gasteiger partial charge in [-0.1, -0.05) is 15.9 Å². The van der Waals surface area contributed by atoms with Crippen molar-refractivity contribution in [3.63, 3.8) is 0 Å². The van der Waals surface area contributed by atoms with Crippen LogP contribution in [0.2, 0.25) is 0 Å². The van der Waals surface area contributed by atoms with Gasteiger partial charge in [0.1, 0.15) is 6.61 Å². The molecule has 1 heterocycles. The van der Waals surface area contributed by atoms with E-state index in [0.29, 0.717) is 31.5 Å². The Morgan fingerprint density at radius 1 is 1.29 bits per heavy atom. The van der Waals surface area contributed by atoms with Gasteiger partial charge >= 0.3 is 5.97 Å². The molecule has 0 radical (unpaired) electrons. The van der Waals surface area contributed by atoms with E-state index in [-0.39, 0.29) is 18.6 Å². The second-order valence-corrected chi connectivity index (χ2v) is 6.59. The lowest BCUT2D eigenvalue weighted by Gasteiger charge is -2.32. The molecule has 0 saturated carbocycles. The van der Waals surface area contributed by atoms with Gasteiger partial charge < -0.3 is 14.7 Å². The fourth-order valence-corrected chi connectivity index (χ4v) is 3.46. The number of ether oxygens (including phenoxy) is 1. The third-order valence-electron chi connectivity index (χ3n) is 3.33. The van der Waals surface area contributed by atoms with Gasteiger partial charge in [-0.15, -0.1) is 0 Å². The van der Waals surface area contributed by atoms with Crippen molar-refractivity contribution in [3.8, 4) is 0 Å². The molecule has 0 aromatic heterocycles. The number of carboxylic acids is 1. The van der Waals surface area contributed by atoms with Gasteiger partial charge in [-0.05, 0) is 47.0 Å². The van der Waals surface area contributed by atoms with Crippen LogP contribution in [0.5, 0.6) is 0 Å². The molecule has 1 aliphatic rings. The molecule has 1 amide bonds. The Hall–Kier alpha value is -0.920. The SMILES string of the molecule is O=C(O)COC1CCN(C(=O)c2ccc(Br)cc2Br)CC1. The summed E-state index contributed by atoms with van der Waals surface area (Å²) in [6.07, 6.45) is 1.24. The molecule has 2 rings (SSSR count). The number of halogens is 2. The predicted octanol–water partition coefficient (Wildman–Crippen LogP) is 2.92. The number of hydrogen-bond acceptors (Lipinski definition) is 3. The second-order valence-electron chi connectivity index (χ2n) is 4.82. The van der Waals surface area contributed by atoms with Crippen molar-refractivity contribution >= 4 is 43.7 Å². The summed E-state index contributed by atoms with van der Waals surface area (Å²) >= 11 is 6.76. The Morgan fingerprint density at radius 2 is 1.95 bits per heavy atom. The summed E-state index contributed by atoms with van der Waals surface area (Å²) in [6.45, 7) is 0.869. The number of carbonyl (C=O) groups excluding carboxylic acids is 1. The van der Waals surface area contributed by atoms with Crippen molar-refractivity contribution < 1.29 is 19.4 Å². The summed E-state index contributed by atoms with van der Waals surface area (Å²) in [5.41, 5.74) is 0.628. The summed E-state index contributed by atoms with van der Waals surface area (Å²) in [4.78, 5) is 24.7. The number of rotatable bonds is 4.